The summed E-state index contributed by atoms with van der Waals surface area (Å²) < 4.78 is 19.6. The molecule has 0 saturated heterocycles. The number of aliphatic hydroxyl groups is 2. The molecule has 0 saturated carbocycles. The molecule has 35 heavy (non-hydrogen) atoms. The van der Waals surface area contributed by atoms with Crippen molar-refractivity contribution >= 4 is 11.8 Å². The van der Waals surface area contributed by atoms with Crippen molar-refractivity contribution in [3.63, 3.8) is 0 Å². The predicted molar refractivity (Wildman–Crippen MR) is 128 cm³/mol. The number of hydrogen-bond acceptors (Lipinski definition) is 5. The van der Waals surface area contributed by atoms with Crippen LogP contribution >= 0.6 is 0 Å². The van der Waals surface area contributed by atoms with Gasteiger partial charge in [0.2, 0.25) is 11.8 Å². The third-order valence-corrected chi connectivity index (χ3v) is 6.57. The van der Waals surface area contributed by atoms with Gasteiger partial charge < -0.3 is 25.2 Å². The first kappa shape index (κ1) is 24.9. The van der Waals surface area contributed by atoms with E-state index in [2.05, 4.69) is 5.32 Å². The van der Waals surface area contributed by atoms with Crippen LogP contribution < -0.4 is 10.1 Å². The quantitative estimate of drug-likeness (QED) is 0.511. The molecule has 186 valence electrons. The lowest BCUT2D eigenvalue weighted by atomic mass is 9.77. The summed E-state index contributed by atoms with van der Waals surface area (Å²) in [5, 5.41) is 23.4. The number of ether oxygens (including phenoxy) is 1. The Labute approximate surface area is 204 Å². The first-order chi connectivity index (χ1) is 16.9. The van der Waals surface area contributed by atoms with Gasteiger partial charge in [0.25, 0.3) is 0 Å². The molecule has 0 bridgehead atoms. The van der Waals surface area contributed by atoms with Crippen LogP contribution in [0.15, 0.2) is 60.2 Å². The number of aliphatic hydroxyl groups excluding tert-OH is 2. The third kappa shape index (κ3) is 5.23. The van der Waals surface area contributed by atoms with Crippen LogP contribution in [0, 0.1) is 5.82 Å². The topological polar surface area (TPSA) is 99.1 Å². The van der Waals surface area contributed by atoms with Gasteiger partial charge >= 0.3 is 0 Å². The van der Waals surface area contributed by atoms with E-state index in [-0.39, 0.29) is 43.7 Å². The van der Waals surface area contributed by atoms with Gasteiger partial charge in [0, 0.05) is 30.6 Å². The summed E-state index contributed by atoms with van der Waals surface area (Å²) in [6.45, 7) is 2.01. The molecule has 8 heteroatoms. The average molecular weight is 483 g/mol. The first-order valence-electron chi connectivity index (χ1n) is 12.0. The molecule has 2 amide bonds. The highest BCUT2D eigenvalue weighted by Crippen LogP contribution is 2.47. The number of nitrogens with zero attached hydrogens (tertiary/aromatic N) is 1. The second kappa shape index (κ2) is 11.0. The van der Waals surface area contributed by atoms with Crippen LogP contribution in [0.25, 0.3) is 0 Å². The van der Waals surface area contributed by atoms with Crippen molar-refractivity contribution in [2.45, 2.75) is 56.9 Å². The van der Waals surface area contributed by atoms with E-state index in [1.165, 1.54) is 12.1 Å². The molecular formula is C27H31FN2O5. The lowest BCUT2D eigenvalue weighted by Gasteiger charge is -2.41. The van der Waals surface area contributed by atoms with Crippen molar-refractivity contribution in [3.8, 4) is 5.75 Å². The number of carbonyl (C=O) groups excluding carboxylic acids is 2. The third-order valence-electron chi connectivity index (χ3n) is 6.57. The van der Waals surface area contributed by atoms with Crippen LogP contribution in [0.2, 0.25) is 0 Å². The molecular weight excluding hydrogens is 451 g/mol. The van der Waals surface area contributed by atoms with E-state index in [1.807, 2.05) is 25.1 Å². The van der Waals surface area contributed by atoms with Crippen molar-refractivity contribution in [2.75, 3.05) is 13.2 Å². The number of unbranched alkanes of at least 4 members (excludes halogenated alkanes) is 1. The lowest BCUT2D eigenvalue weighted by molar-refractivity contribution is -0.138. The van der Waals surface area contributed by atoms with Crippen LogP contribution in [-0.4, -0.2) is 58.3 Å². The Morgan fingerprint density at radius 2 is 1.89 bits per heavy atom. The van der Waals surface area contributed by atoms with E-state index < -0.39 is 24.2 Å². The minimum Gasteiger partial charge on any atom is -0.486 e. The smallest absolute Gasteiger partial charge is 0.247 e. The minimum absolute atomic E-state index is 0.0814. The Kier molecular flexibility index (Phi) is 7.83. The molecule has 0 fully saturated rings. The summed E-state index contributed by atoms with van der Waals surface area (Å²) in [7, 11) is 0. The van der Waals surface area contributed by atoms with Gasteiger partial charge in [0.15, 0.2) is 0 Å². The van der Waals surface area contributed by atoms with Gasteiger partial charge in [-0.3, -0.25) is 9.59 Å². The largest absolute Gasteiger partial charge is 0.486 e. The number of halogens is 1. The number of nitrogens with one attached hydrogen (secondary N) is 1. The van der Waals surface area contributed by atoms with E-state index in [4.69, 9.17) is 4.74 Å². The average Bonchev–Trinajstić information content (AvgIpc) is 3.26. The van der Waals surface area contributed by atoms with Gasteiger partial charge in [-0.1, -0.05) is 43.7 Å². The van der Waals surface area contributed by atoms with Crippen molar-refractivity contribution in [3.05, 3.63) is 77.1 Å². The number of hydrogen-bond donors (Lipinski definition) is 3. The molecule has 4 rings (SSSR count). The molecule has 2 aromatic rings. The molecule has 1 heterocycles. The highest BCUT2D eigenvalue weighted by atomic mass is 19.1. The van der Waals surface area contributed by atoms with Gasteiger partial charge in [-0.15, -0.1) is 0 Å². The van der Waals surface area contributed by atoms with E-state index in [9.17, 15) is 24.2 Å². The summed E-state index contributed by atoms with van der Waals surface area (Å²) in [6, 6.07) is 12.4. The number of para-hydroxylation sites is 1. The van der Waals surface area contributed by atoms with Gasteiger partial charge in [-0.25, -0.2) is 4.39 Å². The summed E-state index contributed by atoms with van der Waals surface area (Å²) in [5.74, 6) is -0.840. The van der Waals surface area contributed by atoms with E-state index >= 15 is 0 Å². The fourth-order valence-electron chi connectivity index (χ4n) is 4.81. The van der Waals surface area contributed by atoms with Crippen LogP contribution in [0.4, 0.5) is 4.39 Å². The van der Waals surface area contributed by atoms with Gasteiger partial charge in [0.1, 0.15) is 23.8 Å². The van der Waals surface area contributed by atoms with E-state index in [0.29, 0.717) is 23.3 Å². The summed E-state index contributed by atoms with van der Waals surface area (Å²) in [5.41, 5.74) is 1.89. The molecule has 0 radical (unpaired) electrons. The van der Waals surface area contributed by atoms with Gasteiger partial charge in [-0.05, 0) is 36.3 Å². The predicted octanol–water partition coefficient (Wildman–Crippen LogP) is 2.67. The second-order valence-electron chi connectivity index (χ2n) is 8.93. The number of rotatable bonds is 9. The molecule has 0 aromatic heterocycles. The van der Waals surface area contributed by atoms with E-state index in [0.717, 1.165) is 12.0 Å². The van der Waals surface area contributed by atoms with Crippen LogP contribution in [0.5, 0.6) is 5.75 Å². The van der Waals surface area contributed by atoms with Crippen LogP contribution in [0.3, 0.4) is 0 Å². The Morgan fingerprint density at radius 3 is 2.60 bits per heavy atom. The highest BCUT2D eigenvalue weighted by Gasteiger charge is 2.50. The number of benzene rings is 2. The first-order valence-corrected chi connectivity index (χ1v) is 12.0. The fraction of sp³-hybridized carbons (Fsp3) is 0.407. The summed E-state index contributed by atoms with van der Waals surface area (Å²) in [4.78, 5) is 28.0. The monoisotopic (exact) mass is 482 g/mol. The SMILES string of the molecule is CCCCC(=O)N(Cc1ccc(F)cc1)[C@@H]1C=C(C(=O)NCCO)[C@@H]2c3ccccc3O[C@@H]2[C@H]1O. The summed E-state index contributed by atoms with van der Waals surface area (Å²) >= 11 is 0. The zero-order valence-electron chi connectivity index (χ0n) is 19.7. The maximum Gasteiger partial charge on any atom is 0.247 e. The standard InChI is InChI=1S/C27H31FN2O5/c1-2-3-8-23(32)30(16-17-9-11-18(28)12-10-17)21-15-20(27(34)29-13-14-31)24-19-6-4-5-7-22(19)35-26(24)25(21)33/h4-7,9-12,15,21,24-26,31,33H,2-3,8,13-14,16H2,1H3,(H,29,34)/t21-,24+,25+,26+/m1/s1. The van der Waals surface area contributed by atoms with Crippen molar-refractivity contribution in [1.82, 2.24) is 10.2 Å². The minimum atomic E-state index is -1.09. The number of amides is 2. The Balaban J connectivity index is 1.74. The molecule has 4 atom stereocenters. The normalized spacial score (nSPS) is 22.5. The molecule has 2 aliphatic rings. The molecule has 1 aliphatic carbocycles. The molecule has 2 aromatic carbocycles. The molecule has 0 unspecified atom stereocenters. The van der Waals surface area contributed by atoms with Crippen LogP contribution in [-0.2, 0) is 16.1 Å². The Bertz CT molecular complexity index is 1090. The lowest BCUT2D eigenvalue weighted by Crippen LogP contribution is -2.55. The van der Waals surface area contributed by atoms with Crippen molar-refractivity contribution in [2.24, 2.45) is 0 Å². The van der Waals surface area contributed by atoms with Crippen LogP contribution in [0.1, 0.15) is 43.2 Å². The highest BCUT2D eigenvalue weighted by molar-refractivity contribution is 5.96. The maximum atomic E-state index is 13.5. The fourth-order valence-corrected chi connectivity index (χ4v) is 4.81. The van der Waals surface area contributed by atoms with Gasteiger partial charge in [0.05, 0.1) is 18.6 Å². The molecule has 1 aliphatic heterocycles. The van der Waals surface area contributed by atoms with Gasteiger partial charge in [-0.2, -0.15) is 0 Å². The Morgan fingerprint density at radius 1 is 1.14 bits per heavy atom. The zero-order valence-corrected chi connectivity index (χ0v) is 19.7. The zero-order chi connectivity index (χ0) is 24.9. The summed E-state index contributed by atoms with van der Waals surface area (Å²) in [6.07, 6.45) is 1.60. The van der Waals surface area contributed by atoms with Crippen molar-refractivity contribution in [1.29, 1.82) is 0 Å². The molecule has 3 N–H and O–H groups in total. The maximum absolute atomic E-state index is 13.5. The molecule has 7 nitrogen and oxygen atoms in total. The number of fused-ring (bicyclic) bond motifs is 3. The van der Waals surface area contributed by atoms with E-state index in [1.54, 1.807) is 29.2 Å². The second-order valence-corrected chi connectivity index (χ2v) is 8.93. The number of carbonyl (C=O) groups is 2. The molecule has 0 spiro atoms. The Hall–Kier alpha value is -3.23. The van der Waals surface area contributed by atoms with Crippen molar-refractivity contribution < 1.29 is 28.9 Å².